The first kappa shape index (κ1) is 11.8. The lowest BCUT2D eigenvalue weighted by molar-refractivity contribution is 0.0901. The van der Waals surface area contributed by atoms with Gasteiger partial charge in [-0.3, -0.25) is 4.57 Å². The van der Waals surface area contributed by atoms with Crippen LogP contribution in [0.3, 0.4) is 0 Å². The molecular weight excluding hydrogens is 286 g/mol. The van der Waals surface area contributed by atoms with Gasteiger partial charge in [-0.15, -0.1) is 0 Å². The Labute approximate surface area is 105 Å². The zero-order valence-corrected chi connectivity index (χ0v) is 12.2. The third-order valence-corrected chi connectivity index (χ3v) is 3.72. The van der Waals surface area contributed by atoms with Crippen LogP contribution in [0.5, 0.6) is 0 Å². The normalized spacial score (nSPS) is 11.9. The van der Waals surface area contributed by atoms with E-state index in [4.69, 9.17) is 4.74 Å². The number of hydrogen-bond donors (Lipinski definition) is 0. The van der Waals surface area contributed by atoms with Gasteiger partial charge in [-0.05, 0) is 28.0 Å². The monoisotopic (exact) mass is 299 g/mol. The van der Waals surface area contributed by atoms with Gasteiger partial charge in [-0.2, -0.15) is 0 Å². The number of hydrogen-bond acceptors (Lipinski definition) is 3. The van der Waals surface area contributed by atoms with Crippen LogP contribution in [0.4, 0.5) is 0 Å². The second-order valence-electron chi connectivity index (χ2n) is 3.60. The third-order valence-electron chi connectivity index (χ3n) is 2.29. The summed E-state index contributed by atoms with van der Waals surface area (Å²) >= 11 is 3.38. The van der Waals surface area contributed by atoms with Crippen molar-refractivity contribution in [3.05, 3.63) is 23.1 Å². The second kappa shape index (κ2) is 5.56. The quantitative estimate of drug-likeness (QED) is 0.624. The summed E-state index contributed by atoms with van der Waals surface area (Å²) in [7, 11) is 0.109. The predicted octanol–water partition coefficient (Wildman–Crippen LogP) is 1.80. The first-order valence-corrected chi connectivity index (χ1v) is 8.56. The first-order chi connectivity index (χ1) is 7.81. The molecule has 2 rings (SSSR count). The minimum absolute atomic E-state index is 0.109. The molecule has 16 heavy (non-hydrogen) atoms. The highest BCUT2D eigenvalue weighted by Gasteiger charge is 2.03. The van der Waals surface area contributed by atoms with Crippen LogP contribution in [0.1, 0.15) is 0 Å². The molecular formula is C10H14BrN3OSi. The molecule has 0 bridgehead atoms. The summed E-state index contributed by atoms with van der Waals surface area (Å²) in [6, 6.07) is 3.18. The predicted molar refractivity (Wildman–Crippen MR) is 70.4 cm³/mol. The van der Waals surface area contributed by atoms with E-state index in [9.17, 15) is 0 Å². The van der Waals surface area contributed by atoms with Gasteiger partial charge >= 0.3 is 0 Å². The van der Waals surface area contributed by atoms with Crippen molar-refractivity contribution in [1.29, 1.82) is 0 Å². The van der Waals surface area contributed by atoms with Crippen LogP contribution in [-0.4, -0.2) is 30.7 Å². The molecule has 0 atom stereocenters. The Bertz CT molecular complexity index is 474. The fourth-order valence-corrected chi connectivity index (χ4v) is 2.24. The van der Waals surface area contributed by atoms with Gasteiger partial charge in [0.2, 0.25) is 0 Å². The molecule has 0 fully saturated rings. The van der Waals surface area contributed by atoms with E-state index in [0.29, 0.717) is 6.73 Å². The summed E-state index contributed by atoms with van der Waals surface area (Å²) in [6.45, 7) is 3.67. The molecule has 4 nitrogen and oxygen atoms in total. The molecule has 0 aliphatic rings. The van der Waals surface area contributed by atoms with Crippen molar-refractivity contribution in [2.24, 2.45) is 0 Å². The van der Waals surface area contributed by atoms with E-state index < -0.39 is 0 Å². The fraction of sp³-hybridized carbons (Fsp3) is 0.400. The first-order valence-electron chi connectivity index (χ1n) is 5.35. The maximum absolute atomic E-state index is 5.56. The molecule has 0 unspecified atom stereocenters. The van der Waals surface area contributed by atoms with Crippen LogP contribution in [0, 0.1) is 0 Å². The molecule has 0 saturated heterocycles. The van der Waals surface area contributed by atoms with Gasteiger partial charge in [-0.25, -0.2) is 9.97 Å². The van der Waals surface area contributed by atoms with Gasteiger partial charge in [0.05, 0.1) is 6.33 Å². The molecule has 0 aromatic carbocycles. The van der Waals surface area contributed by atoms with Gasteiger partial charge in [0.25, 0.3) is 0 Å². The summed E-state index contributed by atoms with van der Waals surface area (Å²) in [5, 5.41) is 0. The van der Waals surface area contributed by atoms with Gasteiger partial charge in [0, 0.05) is 26.8 Å². The lowest BCUT2D eigenvalue weighted by Gasteiger charge is -2.04. The fourth-order valence-electron chi connectivity index (χ4n) is 1.43. The van der Waals surface area contributed by atoms with E-state index in [0.717, 1.165) is 22.2 Å². The smallest absolute Gasteiger partial charge is 0.161 e. The van der Waals surface area contributed by atoms with E-state index in [1.54, 1.807) is 12.5 Å². The van der Waals surface area contributed by atoms with Crippen molar-refractivity contribution >= 4 is 36.6 Å². The largest absolute Gasteiger partial charge is 0.361 e. The minimum atomic E-state index is 0.109. The summed E-state index contributed by atoms with van der Waals surface area (Å²) in [6.07, 6.45) is 3.55. The van der Waals surface area contributed by atoms with Crippen LogP contribution in [0.2, 0.25) is 12.6 Å². The zero-order valence-electron chi connectivity index (χ0n) is 9.19. The van der Waals surface area contributed by atoms with E-state index in [1.807, 2.05) is 10.6 Å². The number of halogens is 1. The van der Waals surface area contributed by atoms with Crippen molar-refractivity contribution in [1.82, 2.24) is 14.5 Å². The Morgan fingerprint density at radius 3 is 3.19 bits per heavy atom. The molecule has 6 heteroatoms. The SMILES string of the molecule is C[SiH2]CCOCn1cnc2cc(Br)cnc21. The Balaban J connectivity index is 2.07. The van der Waals surface area contributed by atoms with Crippen LogP contribution >= 0.6 is 15.9 Å². The van der Waals surface area contributed by atoms with Crippen LogP contribution in [0.25, 0.3) is 11.2 Å². The Kier molecular flexibility index (Phi) is 4.08. The average Bonchev–Trinajstić information content (AvgIpc) is 2.67. The van der Waals surface area contributed by atoms with Crippen LogP contribution < -0.4 is 0 Å². The maximum Gasteiger partial charge on any atom is 0.161 e. The molecule has 2 aromatic heterocycles. The van der Waals surface area contributed by atoms with Crippen molar-refractivity contribution < 1.29 is 4.74 Å². The number of rotatable bonds is 5. The molecule has 0 aliphatic carbocycles. The maximum atomic E-state index is 5.56. The molecule has 0 aliphatic heterocycles. The van der Waals surface area contributed by atoms with Gasteiger partial charge in [0.1, 0.15) is 12.2 Å². The van der Waals surface area contributed by atoms with E-state index in [-0.39, 0.29) is 9.52 Å². The van der Waals surface area contributed by atoms with E-state index in [2.05, 4.69) is 32.4 Å². The Morgan fingerprint density at radius 1 is 1.50 bits per heavy atom. The lowest BCUT2D eigenvalue weighted by atomic mass is 10.4. The molecule has 0 amide bonds. The summed E-state index contributed by atoms with van der Waals surface area (Å²) < 4.78 is 8.44. The highest BCUT2D eigenvalue weighted by atomic mass is 79.9. The standard InChI is InChI=1S/C10H14BrN3OSi/c1-16-3-2-15-7-14-6-13-9-4-8(11)5-12-10(9)14/h4-6H,2-3,7,16H2,1H3. The molecule has 86 valence electrons. The number of ether oxygens (including phenoxy) is 1. The van der Waals surface area contributed by atoms with Gasteiger partial charge in [0.15, 0.2) is 5.65 Å². The number of nitrogens with zero attached hydrogens (tertiary/aromatic N) is 3. The number of imidazole rings is 1. The number of pyridine rings is 1. The zero-order chi connectivity index (χ0) is 11.4. The van der Waals surface area contributed by atoms with Crippen LogP contribution in [-0.2, 0) is 11.5 Å². The summed E-state index contributed by atoms with van der Waals surface area (Å²) in [4.78, 5) is 8.60. The van der Waals surface area contributed by atoms with Crippen molar-refractivity contribution in [3.8, 4) is 0 Å². The number of aromatic nitrogens is 3. The van der Waals surface area contributed by atoms with Gasteiger partial charge < -0.3 is 4.74 Å². The van der Waals surface area contributed by atoms with Crippen molar-refractivity contribution in [2.45, 2.75) is 19.3 Å². The minimum Gasteiger partial charge on any atom is -0.361 e. The highest BCUT2D eigenvalue weighted by Crippen LogP contribution is 2.15. The molecule has 0 radical (unpaired) electrons. The van der Waals surface area contributed by atoms with Crippen molar-refractivity contribution in [2.75, 3.05) is 6.61 Å². The topological polar surface area (TPSA) is 39.9 Å². The van der Waals surface area contributed by atoms with Gasteiger partial charge in [-0.1, -0.05) is 6.55 Å². The molecule has 0 spiro atoms. The second-order valence-corrected chi connectivity index (χ2v) is 6.22. The van der Waals surface area contributed by atoms with E-state index in [1.165, 1.54) is 6.04 Å². The Morgan fingerprint density at radius 2 is 2.38 bits per heavy atom. The highest BCUT2D eigenvalue weighted by molar-refractivity contribution is 9.10. The Hall–Kier alpha value is -0.723. The van der Waals surface area contributed by atoms with E-state index >= 15 is 0 Å². The van der Waals surface area contributed by atoms with Crippen molar-refractivity contribution in [3.63, 3.8) is 0 Å². The number of fused-ring (bicyclic) bond motifs is 1. The molecule has 0 saturated carbocycles. The summed E-state index contributed by atoms with van der Waals surface area (Å²) in [5.41, 5.74) is 1.76. The molecule has 2 aromatic rings. The van der Waals surface area contributed by atoms with Crippen LogP contribution in [0.15, 0.2) is 23.1 Å². The average molecular weight is 300 g/mol. The molecule has 0 N–H and O–H groups in total. The lowest BCUT2D eigenvalue weighted by Crippen LogP contribution is -2.04. The molecule has 2 heterocycles. The summed E-state index contributed by atoms with van der Waals surface area (Å²) in [5.74, 6) is 0. The third kappa shape index (κ3) is 2.69.